The summed E-state index contributed by atoms with van der Waals surface area (Å²) in [6.07, 6.45) is 2.50. The van der Waals surface area contributed by atoms with Crippen molar-refractivity contribution in [1.82, 2.24) is 5.32 Å². The number of sulfonamides is 1. The number of furan rings is 1. The molecular formula is C21H20ClN3O5S. The van der Waals surface area contributed by atoms with Crippen LogP contribution in [0.25, 0.3) is 0 Å². The molecule has 31 heavy (non-hydrogen) atoms. The van der Waals surface area contributed by atoms with Crippen molar-refractivity contribution in [3.63, 3.8) is 0 Å². The molecule has 0 aliphatic rings. The van der Waals surface area contributed by atoms with Crippen LogP contribution in [0.15, 0.2) is 71.3 Å². The van der Waals surface area contributed by atoms with Crippen molar-refractivity contribution in [2.24, 2.45) is 0 Å². The molecule has 0 radical (unpaired) electrons. The van der Waals surface area contributed by atoms with E-state index in [-0.39, 0.29) is 23.5 Å². The Bertz CT molecular complexity index is 1180. The molecule has 0 unspecified atom stereocenters. The van der Waals surface area contributed by atoms with Gasteiger partial charge in [-0.15, -0.1) is 0 Å². The Kier molecular flexibility index (Phi) is 6.98. The molecule has 3 rings (SSSR count). The van der Waals surface area contributed by atoms with Gasteiger partial charge in [0, 0.05) is 5.02 Å². The van der Waals surface area contributed by atoms with Crippen molar-refractivity contribution in [2.45, 2.75) is 6.54 Å². The first-order valence-corrected chi connectivity index (χ1v) is 11.4. The number of rotatable bonds is 8. The van der Waals surface area contributed by atoms with E-state index in [1.807, 2.05) is 0 Å². The summed E-state index contributed by atoms with van der Waals surface area (Å²) in [4.78, 5) is 25.2. The van der Waals surface area contributed by atoms with E-state index in [4.69, 9.17) is 16.0 Å². The summed E-state index contributed by atoms with van der Waals surface area (Å²) < 4.78 is 30.6. The Morgan fingerprint density at radius 2 is 1.84 bits per heavy atom. The van der Waals surface area contributed by atoms with E-state index in [0.29, 0.717) is 10.8 Å². The van der Waals surface area contributed by atoms with E-state index < -0.39 is 28.4 Å². The fourth-order valence-corrected chi connectivity index (χ4v) is 3.85. The van der Waals surface area contributed by atoms with Crippen molar-refractivity contribution in [1.29, 1.82) is 0 Å². The molecule has 10 heteroatoms. The third kappa shape index (κ3) is 6.09. The Balaban J connectivity index is 1.74. The van der Waals surface area contributed by atoms with Crippen LogP contribution in [0.5, 0.6) is 0 Å². The standard InChI is InChI=1S/C21H20ClN3O5S/c1-31(28,29)25(16-7-4-6-15(22)12-16)14-20(26)24-19-10-3-2-9-18(19)21(27)23-13-17-8-5-11-30-17/h2-12H,13-14H2,1H3,(H,23,27)(H,24,26). The zero-order chi connectivity index (χ0) is 22.4. The minimum absolute atomic E-state index is 0.185. The van der Waals surface area contributed by atoms with Crippen molar-refractivity contribution in [3.05, 3.63) is 83.3 Å². The highest BCUT2D eigenvalue weighted by atomic mass is 35.5. The van der Waals surface area contributed by atoms with Crippen molar-refractivity contribution >= 4 is 44.8 Å². The summed E-state index contributed by atoms with van der Waals surface area (Å²) in [6, 6.07) is 16.0. The maximum Gasteiger partial charge on any atom is 0.253 e. The molecule has 0 fully saturated rings. The molecule has 0 spiro atoms. The third-order valence-electron chi connectivity index (χ3n) is 4.23. The van der Waals surface area contributed by atoms with Crippen LogP contribution in [-0.4, -0.2) is 33.0 Å². The zero-order valence-corrected chi connectivity index (χ0v) is 18.1. The van der Waals surface area contributed by atoms with Gasteiger partial charge in [-0.3, -0.25) is 13.9 Å². The summed E-state index contributed by atoms with van der Waals surface area (Å²) in [5, 5.41) is 5.65. The van der Waals surface area contributed by atoms with E-state index in [1.165, 1.54) is 18.4 Å². The van der Waals surface area contributed by atoms with Crippen LogP contribution in [0.4, 0.5) is 11.4 Å². The monoisotopic (exact) mass is 461 g/mol. The predicted octanol–water partition coefficient (Wildman–Crippen LogP) is 3.27. The Labute approximate surface area is 184 Å². The lowest BCUT2D eigenvalue weighted by Crippen LogP contribution is -2.37. The predicted molar refractivity (Wildman–Crippen MR) is 119 cm³/mol. The number of para-hydroxylation sites is 1. The summed E-state index contributed by atoms with van der Waals surface area (Å²) in [7, 11) is -3.76. The molecule has 2 N–H and O–H groups in total. The molecule has 0 aliphatic carbocycles. The number of amides is 2. The fraction of sp³-hybridized carbons (Fsp3) is 0.143. The average molecular weight is 462 g/mol. The number of nitrogens with one attached hydrogen (secondary N) is 2. The number of anilines is 2. The maximum atomic E-state index is 12.7. The summed E-state index contributed by atoms with van der Waals surface area (Å²) >= 11 is 5.95. The SMILES string of the molecule is CS(=O)(=O)N(CC(=O)Nc1ccccc1C(=O)NCc1ccco1)c1cccc(Cl)c1. The second-order valence-electron chi connectivity index (χ2n) is 6.61. The lowest BCUT2D eigenvalue weighted by atomic mass is 10.1. The normalized spacial score (nSPS) is 11.0. The molecule has 0 bridgehead atoms. The lowest BCUT2D eigenvalue weighted by molar-refractivity contribution is -0.114. The average Bonchev–Trinajstić information content (AvgIpc) is 3.23. The van der Waals surface area contributed by atoms with Crippen LogP contribution in [0, 0.1) is 0 Å². The number of benzene rings is 2. The molecule has 1 heterocycles. The van der Waals surface area contributed by atoms with Gasteiger partial charge < -0.3 is 15.1 Å². The molecule has 2 amide bonds. The van der Waals surface area contributed by atoms with Gasteiger partial charge in [0.25, 0.3) is 5.91 Å². The molecular weight excluding hydrogens is 442 g/mol. The number of hydrogen-bond acceptors (Lipinski definition) is 5. The first kappa shape index (κ1) is 22.4. The molecule has 0 aliphatic heterocycles. The van der Waals surface area contributed by atoms with Crippen LogP contribution in [0.1, 0.15) is 16.1 Å². The van der Waals surface area contributed by atoms with Gasteiger partial charge in [0.05, 0.1) is 36.0 Å². The highest BCUT2D eigenvalue weighted by Crippen LogP contribution is 2.22. The lowest BCUT2D eigenvalue weighted by Gasteiger charge is -2.22. The number of carbonyl (C=O) groups is 2. The fourth-order valence-electron chi connectivity index (χ4n) is 2.82. The highest BCUT2D eigenvalue weighted by Gasteiger charge is 2.22. The molecule has 8 nitrogen and oxygen atoms in total. The van der Waals surface area contributed by atoms with E-state index in [9.17, 15) is 18.0 Å². The maximum absolute atomic E-state index is 12.7. The minimum Gasteiger partial charge on any atom is -0.467 e. The van der Waals surface area contributed by atoms with E-state index in [2.05, 4.69) is 10.6 Å². The number of nitrogens with zero attached hydrogens (tertiary/aromatic N) is 1. The number of carbonyl (C=O) groups excluding carboxylic acids is 2. The number of hydrogen-bond donors (Lipinski definition) is 2. The van der Waals surface area contributed by atoms with Gasteiger partial charge in [0.2, 0.25) is 15.9 Å². The van der Waals surface area contributed by atoms with Crippen LogP contribution >= 0.6 is 11.6 Å². The quantitative estimate of drug-likeness (QED) is 0.535. The van der Waals surface area contributed by atoms with Crippen LogP contribution in [-0.2, 0) is 21.4 Å². The molecule has 162 valence electrons. The third-order valence-corrected chi connectivity index (χ3v) is 5.61. The van der Waals surface area contributed by atoms with Crippen LogP contribution < -0.4 is 14.9 Å². The molecule has 0 saturated carbocycles. The van der Waals surface area contributed by atoms with E-state index in [1.54, 1.807) is 48.5 Å². The van der Waals surface area contributed by atoms with Crippen molar-refractivity contribution in [3.8, 4) is 0 Å². The molecule has 0 atom stereocenters. The molecule has 1 aromatic heterocycles. The second kappa shape index (κ2) is 9.67. The smallest absolute Gasteiger partial charge is 0.253 e. The van der Waals surface area contributed by atoms with Crippen LogP contribution in [0.2, 0.25) is 5.02 Å². The van der Waals surface area contributed by atoms with Gasteiger partial charge in [-0.1, -0.05) is 29.8 Å². The highest BCUT2D eigenvalue weighted by molar-refractivity contribution is 7.92. The minimum atomic E-state index is -3.76. The summed E-state index contributed by atoms with van der Waals surface area (Å²) in [5.74, 6) is -0.445. The topological polar surface area (TPSA) is 109 Å². The van der Waals surface area contributed by atoms with Crippen molar-refractivity contribution < 1.29 is 22.4 Å². The Morgan fingerprint density at radius 1 is 1.06 bits per heavy atom. The van der Waals surface area contributed by atoms with Gasteiger partial charge in [-0.2, -0.15) is 0 Å². The first-order valence-electron chi connectivity index (χ1n) is 9.17. The second-order valence-corrected chi connectivity index (χ2v) is 8.95. The summed E-state index contributed by atoms with van der Waals surface area (Å²) in [6.45, 7) is -0.299. The zero-order valence-electron chi connectivity index (χ0n) is 16.5. The van der Waals surface area contributed by atoms with Crippen molar-refractivity contribution in [2.75, 3.05) is 22.4 Å². The number of halogens is 1. The molecule has 2 aromatic carbocycles. The van der Waals surface area contributed by atoms with E-state index in [0.717, 1.165) is 10.6 Å². The molecule has 0 saturated heterocycles. The summed E-state index contributed by atoms with van der Waals surface area (Å²) in [5.41, 5.74) is 0.745. The Morgan fingerprint density at radius 3 is 2.52 bits per heavy atom. The van der Waals surface area contributed by atoms with E-state index >= 15 is 0 Å². The molecule has 3 aromatic rings. The van der Waals surface area contributed by atoms with Crippen LogP contribution in [0.3, 0.4) is 0 Å². The van der Waals surface area contributed by atoms with Gasteiger partial charge in [0.15, 0.2) is 0 Å². The van der Waals surface area contributed by atoms with Gasteiger partial charge >= 0.3 is 0 Å². The Hall–Kier alpha value is -3.30. The van der Waals surface area contributed by atoms with Gasteiger partial charge in [0.1, 0.15) is 12.3 Å². The van der Waals surface area contributed by atoms with Gasteiger partial charge in [-0.25, -0.2) is 8.42 Å². The van der Waals surface area contributed by atoms with Gasteiger partial charge in [-0.05, 0) is 42.5 Å². The largest absolute Gasteiger partial charge is 0.467 e. The first-order chi connectivity index (χ1) is 14.7.